The van der Waals surface area contributed by atoms with Gasteiger partial charge in [-0.1, -0.05) is 141 Å². The third kappa shape index (κ3) is 20.4. The Morgan fingerprint density at radius 3 is 1.47 bits per heavy atom. The van der Waals surface area contributed by atoms with E-state index in [2.05, 4.69) is 127 Å². The van der Waals surface area contributed by atoms with Crippen LogP contribution >= 0.6 is 34.9 Å². The molecule has 0 aromatic carbocycles. The number of thiazole rings is 2. The summed E-state index contributed by atoms with van der Waals surface area (Å²) in [6, 6.07) is 0. The number of nitrogen functional groups attached to an aromatic ring is 1. The van der Waals surface area contributed by atoms with Gasteiger partial charge in [-0.2, -0.15) is 4.28 Å². The molecule has 0 fully saturated rings. The molecule has 22 heteroatoms. The quantitative estimate of drug-likeness (QED) is 0.0858. The molecule has 18 nitrogen and oxygen atoms in total. The number of amidine groups is 2. The molecule has 8 N–H and O–H groups in total. The molecular formula is C38H66N12O6S4. The summed E-state index contributed by atoms with van der Waals surface area (Å²) in [7, 11) is 0. The largest absolute Gasteiger partial charge is 0.438 e. The van der Waals surface area contributed by atoms with Crippen molar-refractivity contribution in [3.05, 3.63) is 58.8 Å². The van der Waals surface area contributed by atoms with Gasteiger partial charge in [-0.05, 0) is 12.2 Å². The zero-order valence-corrected chi connectivity index (χ0v) is 41.5. The summed E-state index contributed by atoms with van der Waals surface area (Å²) >= 11 is 6.00. The summed E-state index contributed by atoms with van der Waals surface area (Å²) in [4.78, 5) is 49.4. The molecule has 1 atom stereocenters. The number of aliphatic imine (C=N–C) groups is 1. The lowest BCUT2D eigenvalue weighted by molar-refractivity contribution is -0.117. The fraction of sp³-hybridized carbons (Fsp3) is 0.658. The Morgan fingerprint density at radius 1 is 0.700 bits per heavy atom. The van der Waals surface area contributed by atoms with Crippen LogP contribution in [0.25, 0.3) is 0 Å². The lowest BCUT2D eigenvalue weighted by Crippen LogP contribution is -2.34. The van der Waals surface area contributed by atoms with Crippen LogP contribution in [-0.2, 0) is 42.0 Å². The molecule has 0 aliphatic carbocycles. The SMILES string of the molecule is CC(C)(C)C1=NCC(=O)N1.CC(C)(C)C1=NS(=O)ON1.CC(C)(C)c1csc(=O)[nH]1.CC(C)(C)c1csc(N)n1.CC(C)(C)c1nc(=S)[nH][nH]1.CC(C)(C)c1noc(=O)[nH]1. The van der Waals surface area contributed by atoms with Crippen LogP contribution in [0, 0.1) is 15.6 Å². The van der Waals surface area contributed by atoms with Crippen molar-refractivity contribution in [1.82, 2.24) is 46.1 Å². The average molecular weight is 915 g/mol. The highest BCUT2D eigenvalue weighted by Crippen LogP contribution is 2.25. The van der Waals surface area contributed by atoms with Crippen LogP contribution < -0.4 is 27.2 Å². The van der Waals surface area contributed by atoms with Crippen molar-refractivity contribution in [1.29, 1.82) is 0 Å². The monoisotopic (exact) mass is 914 g/mol. The summed E-state index contributed by atoms with van der Waals surface area (Å²) in [6.45, 7) is 36.9. The zero-order chi connectivity index (χ0) is 46.7. The first-order valence-electron chi connectivity index (χ1n) is 18.9. The van der Waals surface area contributed by atoms with E-state index in [0.717, 1.165) is 23.0 Å². The molecule has 0 radical (unpaired) electrons. The topological polar surface area (TPSA) is 267 Å². The number of nitrogens with zero attached hydrogens (tertiary/aromatic N) is 5. The molecule has 2 aliphatic heterocycles. The number of aromatic amines is 4. The minimum atomic E-state index is -1.52. The summed E-state index contributed by atoms with van der Waals surface area (Å²) in [5.74, 6) is 2.42. The second kappa shape index (κ2) is 21.6. The fourth-order valence-corrected chi connectivity index (χ4v) is 6.11. The van der Waals surface area contributed by atoms with Crippen LogP contribution in [0.15, 0.2) is 34.3 Å². The first kappa shape index (κ1) is 53.9. The number of carbonyl (C=O) groups excluding carboxylic acids is 1. The number of anilines is 1. The van der Waals surface area contributed by atoms with Gasteiger partial charge in [-0.3, -0.25) is 34.3 Å². The van der Waals surface area contributed by atoms with Crippen LogP contribution in [-0.4, -0.2) is 63.6 Å². The number of nitrogens with one attached hydrogen (secondary N) is 6. The van der Waals surface area contributed by atoms with Gasteiger partial charge in [-0.15, -0.1) is 15.7 Å². The number of nitrogens with two attached hydrogens (primary N) is 1. The number of carbonyl (C=O) groups is 1. The third-order valence-electron chi connectivity index (χ3n) is 7.42. The van der Waals surface area contributed by atoms with E-state index in [4.69, 9.17) is 18.0 Å². The first-order valence-corrected chi connectivity index (χ1v) is 22.1. The number of rotatable bonds is 0. The Hall–Kier alpha value is -4.12. The molecule has 4 aromatic rings. The molecule has 2 aliphatic rings. The Labute approximate surface area is 368 Å². The molecule has 338 valence electrons. The molecule has 0 spiro atoms. The van der Waals surface area contributed by atoms with Crippen LogP contribution in [0.3, 0.4) is 0 Å². The van der Waals surface area contributed by atoms with Crippen LogP contribution in [0.2, 0.25) is 0 Å². The number of hydrogen-bond donors (Lipinski definition) is 7. The third-order valence-corrected chi connectivity index (χ3v) is 9.51. The van der Waals surface area contributed by atoms with Gasteiger partial charge in [0.05, 0.1) is 5.69 Å². The van der Waals surface area contributed by atoms with Gasteiger partial charge >= 0.3 is 21.9 Å². The van der Waals surface area contributed by atoms with Gasteiger partial charge in [-0.25, -0.2) is 24.5 Å². The van der Waals surface area contributed by atoms with E-state index in [1.165, 1.54) is 22.7 Å². The lowest BCUT2D eigenvalue weighted by atomic mass is 9.93. The second-order valence-corrected chi connectivity index (χ2v) is 22.5. The van der Waals surface area contributed by atoms with Gasteiger partial charge in [0.2, 0.25) is 10.7 Å². The van der Waals surface area contributed by atoms with E-state index < -0.39 is 17.0 Å². The normalized spacial score (nSPS) is 15.4. The molecule has 0 bridgehead atoms. The summed E-state index contributed by atoms with van der Waals surface area (Å²) in [5, 5.41) is 16.5. The fourth-order valence-electron chi connectivity index (χ4n) is 3.72. The molecule has 6 heterocycles. The van der Waals surface area contributed by atoms with Gasteiger partial charge in [0, 0.05) is 48.9 Å². The Kier molecular flexibility index (Phi) is 19.4. The highest BCUT2D eigenvalue weighted by Gasteiger charge is 2.26. The number of hydrogen-bond acceptors (Lipinski definition) is 15. The van der Waals surface area contributed by atoms with E-state index in [9.17, 15) is 18.6 Å². The maximum absolute atomic E-state index is 10.7. The molecule has 0 saturated heterocycles. The number of hydroxylamine groups is 1. The van der Waals surface area contributed by atoms with Gasteiger partial charge in [0.1, 0.15) is 24.0 Å². The van der Waals surface area contributed by atoms with Crippen molar-refractivity contribution in [2.24, 2.45) is 20.2 Å². The highest BCUT2D eigenvalue weighted by atomic mass is 32.2. The minimum absolute atomic E-state index is 0.00456. The van der Waals surface area contributed by atoms with Crippen LogP contribution in [0.4, 0.5) is 5.13 Å². The van der Waals surface area contributed by atoms with Crippen LogP contribution in [0.1, 0.15) is 148 Å². The Morgan fingerprint density at radius 2 is 1.27 bits per heavy atom. The first-order chi connectivity index (χ1) is 27.0. The highest BCUT2D eigenvalue weighted by molar-refractivity contribution is 7.79. The van der Waals surface area contributed by atoms with Crippen molar-refractivity contribution in [3.8, 4) is 0 Å². The Bertz CT molecular complexity index is 2080. The van der Waals surface area contributed by atoms with Crippen molar-refractivity contribution >= 4 is 68.9 Å². The van der Waals surface area contributed by atoms with Crippen LogP contribution in [0.5, 0.6) is 0 Å². The van der Waals surface area contributed by atoms with E-state index in [0.29, 0.717) is 28.1 Å². The minimum Gasteiger partial charge on any atom is -0.375 e. The maximum Gasteiger partial charge on any atom is 0.438 e. The van der Waals surface area contributed by atoms with Crippen molar-refractivity contribution in [2.75, 3.05) is 12.3 Å². The molecule has 0 saturated carbocycles. The van der Waals surface area contributed by atoms with E-state index in [1.54, 1.807) is 0 Å². The molecule has 1 unspecified atom stereocenters. The summed E-state index contributed by atoms with van der Waals surface area (Å²) < 4.78 is 23.6. The second-order valence-electron chi connectivity index (χ2n) is 19.6. The predicted molar refractivity (Wildman–Crippen MR) is 246 cm³/mol. The standard InChI is InChI=1S/C7H12N2O.C7H12N2S.C7H11NOS.C6H11N3S.C6H10N2O2.C5H10N2O2S/c1-7(2,3)6-8-4-5(10)9-6;1-7(2,3)5-4-10-6(8)9-5;1-7(2,3)5-4-10-6(9)8-5;1-6(2,3)4-7-5(10)9-8-4;1-6(2,3)4-7-5(9)10-8-4;1-5(2,3)4-6-9-10(8)7-4/h4H2,1-3H3,(H,8,9,10);4H,1-3H3,(H2,8,9);4H,1-3H3,(H,8,9);1-3H3,(H2,7,8,9,10);1-3H3,(H,7,8,9);1-3H3,(H,6,7). The maximum atomic E-state index is 10.7. The van der Waals surface area contributed by atoms with Crippen molar-refractivity contribution in [3.63, 3.8) is 0 Å². The predicted octanol–water partition coefficient (Wildman–Crippen LogP) is 7.29. The van der Waals surface area contributed by atoms with Gasteiger partial charge < -0.3 is 16.0 Å². The van der Waals surface area contributed by atoms with E-state index in [1.807, 2.05) is 73.1 Å². The number of aromatic nitrogens is 7. The number of amides is 1. The lowest BCUT2D eigenvalue weighted by Gasteiger charge is -2.17. The summed E-state index contributed by atoms with van der Waals surface area (Å²) in [6.07, 6.45) is 0. The summed E-state index contributed by atoms with van der Waals surface area (Å²) in [5.41, 5.74) is 10.0. The smallest absolute Gasteiger partial charge is 0.375 e. The van der Waals surface area contributed by atoms with Crippen molar-refractivity contribution in [2.45, 2.75) is 146 Å². The van der Waals surface area contributed by atoms with Gasteiger partial charge in [0.25, 0.3) is 0 Å². The molecule has 1 amide bonds. The molecular weight excluding hydrogens is 849 g/mol. The Balaban J connectivity index is 0.000000360. The molecule has 6 rings (SSSR count). The van der Waals surface area contributed by atoms with Crippen molar-refractivity contribution < 1.29 is 17.8 Å². The van der Waals surface area contributed by atoms with Gasteiger partial charge in [0.15, 0.2) is 11.0 Å². The van der Waals surface area contributed by atoms with E-state index >= 15 is 0 Å². The number of H-pyrrole nitrogens is 4. The average Bonchev–Trinajstić information content (AvgIpc) is 3.90. The zero-order valence-electron chi connectivity index (χ0n) is 38.3. The molecule has 4 aromatic heterocycles. The van der Waals surface area contributed by atoms with E-state index in [-0.39, 0.29) is 43.3 Å². The molecule has 60 heavy (non-hydrogen) atoms.